The van der Waals surface area contributed by atoms with Gasteiger partial charge in [-0.1, -0.05) is 22.8 Å². The van der Waals surface area contributed by atoms with Gasteiger partial charge in [0.2, 0.25) is 0 Å². The first kappa shape index (κ1) is 24.4. The molecule has 1 aliphatic carbocycles. The number of sulfonamides is 1. The van der Waals surface area contributed by atoms with E-state index < -0.39 is 15.9 Å². The lowest BCUT2D eigenvalue weighted by Gasteiger charge is -2.15. The van der Waals surface area contributed by atoms with Crippen LogP contribution in [0.3, 0.4) is 0 Å². The number of halogens is 1. The van der Waals surface area contributed by atoms with Gasteiger partial charge in [0.15, 0.2) is 5.78 Å². The van der Waals surface area contributed by atoms with Crippen molar-refractivity contribution in [2.75, 3.05) is 10.0 Å². The number of ketones is 1. The van der Waals surface area contributed by atoms with E-state index in [4.69, 9.17) is 16.1 Å². The number of rotatable bonds is 7. The highest BCUT2D eigenvalue weighted by molar-refractivity contribution is 7.93. The normalized spacial score (nSPS) is 13.7. The Bertz CT molecular complexity index is 1440. The van der Waals surface area contributed by atoms with Crippen LogP contribution in [0.15, 0.2) is 21.6 Å². The van der Waals surface area contributed by atoms with Gasteiger partial charge < -0.3 is 9.84 Å². The third-order valence-electron chi connectivity index (χ3n) is 5.75. The molecule has 3 aromatic rings. The number of hydrogen-bond donors (Lipinski definition) is 2. The summed E-state index contributed by atoms with van der Waals surface area (Å²) in [6.45, 7) is 8.64. The molecular weight excluding hydrogens is 498 g/mol. The SMILES string of the molecule is Cc1cc(C)c(NC(=O)c2sc(C)c(C)c2S(=O)(=O)Nc2onc(C)c2Cl)c(C(=O)C2CC2)c1. The summed E-state index contributed by atoms with van der Waals surface area (Å²) in [5.41, 5.74) is 3.26. The van der Waals surface area contributed by atoms with Gasteiger partial charge in [-0.2, -0.15) is 0 Å². The Hall–Kier alpha value is -2.69. The molecule has 0 atom stereocenters. The van der Waals surface area contributed by atoms with Crippen LogP contribution in [-0.4, -0.2) is 25.3 Å². The van der Waals surface area contributed by atoms with Crippen LogP contribution in [-0.2, 0) is 10.0 Å². The Morgan fingerprint density at radius 3 is 2.41 bits per heavy atom. The summed E-state index contributed by atoms with van der Waals surface area (Å²) in [4.78, 5) is 26.8. The number of carbonyl (C=O) groups excluding carboxylic acids is 2. The molecule has 1 aromatic carbocycles. The zero-order valence-electron chi connectivity index (χ0n) is 19.3. The van der Waals surface area contributed by atoms with Crippen LogP contribution in [0, 0.1) is 40.5 Å². The molecule has 180 valence electrons. The van der Waals surface area contributed by atoms with E-state index in [-0.39, 0.29) is 32.4 Å². The van der Waals surface area contributed by atoms with Gasteiger partial charge in [-0.05, 0) is 70.2 Å². The number of benzene rings is 1. The summed E-state index contributed by atoms with van der Waals surface area (Å²) < 4.78 is 33.8. The number of nitrogens with one attached hydrogen (secondary N) is 2. The van der Waals surface area contributed by atoms with Gasteiger partial charge in [-0.25, -0.2) is 13.1 Å². The van der Waals surface area contributed by atoms with Gasteiger partial charge in [0.25, 0.3) is 21.8 Å². The fourth-order valence-electron chi connectivity index (χ4n) is 3.74. The molecule has 2 aromatic heterocycles. The van der Waals surface area contributed by atoms with Gasteiger partial charge in [-0.3, -0.25) is 9.59 Å². The molecule has 2 N–H and O–H groups in total. The summed E-state index contributed by atoms with van der Waals surface area (Å²) in [7, 11) is -4.23. The fourth-order valence-corrected chi connectivity index (χ4v) is 6.76. The molecular formula is C23H24ClN3O5S2. The average Bonchev–Trinajstić information content (AvgIpc) is 3.50. The number of hydrogen-bond acceptors (Lipinski definition) is 7. The number of Topliss-reactive ketones (excluding diaryl/α,β-unsaturated/α-hetero) is 1. The van der Waals surface area contributed by atoms with Gasteiger partial charge >= 0.3 is 0 Å². The molecule has 0 aliphatic heterocycles. The average molecular weight is 522 g/mol. The highest BCUT2D eigenvalue weighted by Gasteiger charge is 2.34. The van der Waals surface area contributed by atoms with Crippen LogP contribution in [0.1, 0.15) is 60.1 Å². The second-order valence-electron chi connectivity index (χ2n) is 8.56. The summed E-state index contributed by atoms with van der Waals surface area (Å²) in [6, 6.07) is 3.64. The van der Waals surface area contributed by atoms with E-state index in [0.29, 0.717) is 27.4 Å². The van der Waals surface area contributed by atoms with Crippen LogP contribution in [0.25, 0.3) is 0 Å². The van der Waals surface area contributed by atoms with E-state index in [9.17, 15) is 18.0 Å². The van der Waals surface area contributed by atoms with E-state index in [1.807, 2.05) is 19.9 Å². The minimum absolute atomic E-state index is 0.000319. The minimum Gasteiger partial charge on any atom is -0.336 e. The summed E-state index contributed by atoms with van der Waals surface area (Å²) in [6.07, 6.45) is 1.67. The van der Waals surface area contributed by atoms with Crippen molar-refractivity contribution in [2.24, 2.45) is 5.92 Å². The van der Waals surface area contributed by atoms with Crippen LogP contribution >= 0.6 is 22.9 Å². The van der Waals surface area contributed by atoms with Gasteiger partial charge in [0.05, 0.1) is 5.69 Å². The van der Waals surface area contributed by atoms with Crippen molar-refractivity contribution in [3.05, 3.63) is 54.9 Å². The fraction of sp³-hybridized carbons (Fsp3) is 0.348. The maximum atomic E-state index is 13.4. The number of amides is 1. The molecule has 0 saturated heterocycles. The Labute approximate surface area is 206 Å². The van der Waals surface area contributed by atoms with E-state index in [0.717, 1.165) is 35.3 Å². The largest absolute Gasteiger partial charge is 0.336 e. The van der Waals surface area contributed by atoms with E-state index >= 15 is 0 Å². The van der Waals surface area contributed by atoms with Crippen LogP contribution < -0.4 is 10.0 Å². The third-order valence-corrected chi connectivity index (χ3v) is 9.04. The number of carbonyl (C=O) groups is 2. The van der Waals surface area contributed by atoms with Crippen molar-refractivity contribution in [1.82, 2.24) is 5.16 Å². The quantitative estimate of drug-likeness (QED) is 0.392. The second-order valence-corrected chi connectivity index (χ2v) is 11.8. The first-order valence-corrected chi connectivity index (χ1v) is 13.3. The van der Waals surface area contributed by atoms with Crippen LogP contribution in [0.4, 0.5) is 11.6 Å². The third kappa shape index (κ3) is 4.49. The molecule has 0 spiro atoms. The number of aromatic nitrogens is 1. The molecule has 1 saturated carbocycles. The van der Waals surface area contributed by atoms with Crippen molar-refractivity contribution in [3.63, 3.8) is 0 Å². The van der Waals surface area contributed by atoms with Gasteiger partial charge in [-0.15, -0.1) is 11.3 Å². The summed E-state index contributed by atoms with van der Waals surface area (Å²) in [5, 5.41) is 6.51. The second kappa shape index (κ2) is 8.83. The first-order valence-electron chi connectivity index (χ1n) is 10.6. The zero-order valence-corrected chi connectivity index (χ0v) is 21.7. The van der Waals surface area contributed by atoms with E-state index in [1.54, 1.807) is 26.8 Å². The first-order chi connectivity index (χ1) is 15.9. The highest BCUT2D eigenvalue weighted by Crippen LogP contribution is 2.38. The molecule has 0 radical (unpaired) electrons. The van der Waals surface area contributed by atoms with Gasteiger partial charge in [0, 0.05) is 16.4 Å². The van der Waals surface area contributed by atoms with Crippen molar-refractivity contribution in [1.29, 1.82) is 0 Å². The highest BCUT2D eigenvalue weighted by atomic mass is 35.5. The number of anilines is 2. The molecule has 34 heavy (non-hydrogen) atoms. The predicted molar refractivity (Wildman–Crippen MR) is 132 cm³/mol. The lowest BCUT2D eigenvalue weighted by atomic mass is 9.98. The summed E-state index contributed by atoms with van der Waals surface area (Å²) in [5.74, 6) is -0.873. The molecule has 4 rings (SSSR count). The topological polar surface area (TPSA) is 118 Å². The molecule has 1 fully saturated rings. The number of thiophene rings is 1. The van der Waals surface area contributed by atoms with Crippen LogP contribution in [0.5, 0.6) is 0 Å². The minimum atomic E-state index is -4.23. The maximum Gasteiger partial charge on any atom is 0.267 e. The Morgan fingerprint density at radius 1 is 1.15 bits per heavy atom. The summed E-state index contributed by atoms with van der Waals surface area (Å²) >= 11 is 7.13. The maximum absolute atomic E-state index is 13.4. The molecule has 0 unspecified atom stereocenters. The molecule has 2 heterocycles. The van der Waals surface area contributed by atoms with Crippen LogP contribution in [0.2, 0.25) is 5.02 Å². The van der Waals surface area contributed by atoms with Crippen molar-refractivity contribution in [2.45, 2.75) is 52.4 Å². The van der Waals surface area contributed by atoms with Gasteiger partial charge in [0.1, 0.15) is 20.5 Å². The standard InChI is InChI=1S/C23H24ClN3O5S2/c1-10-8-11(2)18(16(9-10)19(28)15-6-7-15)25-22(29)20-21(12(3)14(5)33-20)34(30,31)27-23-17(24)13(4)26-32-23/h8-9,15,27H,6-7H2,1-5H3,(H,25,29). The molecule has 0 bridgehead atoms. The lowest BCUT2D eigenvalue weighted by molar-refractivity contribution is 0.0968. The van der Waals surface area contributed by atoms with Crippen molar-refractivity contribution < 1.29 is 22.5 Å². The van der Waals surface area contributed by atoms with E-state index in [1.165, 1.54) is 0 Å². The predicted octanol–water partition coefficient (Wildman–Crippen LogP) is 5.58. The monoisotopic (exact) mass is 521 g/mol. The molecule has 8 nitrogen and oxygen atoms in total. The smallest absolute Gasteiger partial charge is 0.267 e. The Kier molecular flexibility index (Phi) is 6.34. The molecule has 11 heteroatoms. The Morgan fingerprint density at radius 2 is 1.82 bits per heavy atom. The Balaban J connectivity index is 1.73. The zero-order chi connectivity index (χ0) is 24.9. The number of nitrogens with zero attached hydrogens (tertiary/aromatic N) is 1. The van der Waals surface area contributed by atoms with Crippen molar-refractivity contribution in [3.8, 4) is 0 Å². The molecule has 1 aliphatic rings. The molecule has 1 amide bonds. The van der Waals surface area contributed by atoms with Crippen molar-refractivity contribution >= 4 is 56.2 Å². The number of aryl methyl sites for hydroxylation is 4. The van der Waals surface area contributed by atoms with E-state index in [2.05, 4.69) is 15.2 Å². The lowest BCUT2D eigenvalue weighted by Crippen LogP contribution is -2.21.